The molecule has 4 rings (SSSR count). The van der Waals surface area contributed by atoms with Crippen molar-refractivity contribution in [2.45, 2.75) is 46.3 Å². The number of ether oxygens (including phenoxy) is 1. The van der Waals surface area contributed by atoms with Gasteiger partial charge in [0, 0.05) is 23.7 Å². The molecule has 0 aliphatic heterocycles. The minimum Gasteiger partial charge on any atom is -0.496 e. The van der Waals surface area contributed by atoms with E-state index in [0.29, 0.717) is 5.56 Å². The number of nitrogens with zero attached hydrogens (tertiary/aromatic N) is 2. The fourth-order valence-electron chi connectivity index (χ4n) is 4.60. The second kappa shape index (κ2) is 13.5. The zero-order chi connectivity index (χ0) is 31.2. The highest BCUT2D eigenvalue weighted by molar-refractivity contribution is 5.98. The van der Waals surface area contributed by atoms with E-state index in [1.807, 2.05) is 38.1 Å². The number of nitrogens with one attached hydrogen (secondary N) is 1. The summed E-state index contributed by atoms with van der Waals surface area (Å²) in [5.41, 5.74) is 7.08. The average molecular weight is 586 g/mol. The molecule has 0 atom stereocenters. The Bertz CT molecular complexity index is 1560. The third kappa shape index (κ3) is 7.47. The van der Waals surface area contributed by atoms with Crippen LogP contribution in [0.15, 0.2) is 54.7 Å². The van der Waals surface area contributed by atoms with E-state index in [4.69, 9.17) is 14.6 Å². The Balaban J connectivity index is 0.000000616. The van der Waals surface area contributed by atoms with Crippen LogP contribution in [0.3, 0.4) is 0 Å². The number of carboxylic acids is 2. The molecule has 8 nitrogen and oxygen atoms in total. The normalized spacial score (nSPS) is 11.5. The first-order valence-electron chi connectivity index (χ1n) is 13.4. The molecule has 42 heavy (non-hydrogen) atoms. The third-order valence-corrected chi connectivity index (χ3v) is 6.84. The number of fused-ring (bicyclic) bond motifs is 1. The van der Waals surface area contributed by atoms with Crippen LogP contribution in [0.4, 0.5) is 13.2 Å². The van der Waals surface area contributed by atoms with Gasteiger partial charge in [0.15, 0.2) is 0 Å². The van der Waals surface area contributed by atoms with Crippen molar-refractivity contribution < 1.29 is 37.7 Å². The highest BCUT2D eigenvalue weighted by Crippen LogP contribution is 2.37. The van der Waals surface area contributed by atoms with Crippen molar-refractivity contribution in [2.24, 2.45) is 0 Å². The van der Waals surface area contributed by atoms with Crippen LogP contribution in [0.5, 0.6) is 5.75 Å². The quantitative estimate of drug-likeness (QED) is 0.190. The van der Waals surface area contributed by atoms with Gasteiger partial charge in [-0.05, 0) is 71.6 Å². The van der Waals surface area contributed by atoms with Gasteiger partial charge in [0.2, 0.25) is 0 Å². The Morgan fingerprint density at radius 1 is 1.00 bits per heavy atom. The van der Waals surface area contributed by atoms with E-state index >= 15 is 0 Å². The van der Waals surface area contributed by atoms with Crippen LogP contribution in [0, 0.1) is 0 Å². The van der Waals surface area contributed by atoms with E-state index in [1.54, 1.807) is 19.4 Å². The number of hydrogen-bond acceptors (Lipinski definition) is 5. The first kappa shape index (κ1) is 32.1. The second-order valence-corrected chi connectivity index (χ2v) is 9.86. The van der Waals surface area contributed by atoms with Gasteiger partial charge in [-0.15, -0.1) is 0 Å². The monoisotopic (exact) mass is 585 g/mol. The number of aliphatic carboxylic acids is 1. The number of aromatic amines is 1. The molecular weight excluding hydrogens is 551 g/mol. The molecule has 0 bridgehead atoms. The molecule has 0 radical (unpaired) electrons. The largest absolute Gasteiger partial charge is 0.496 e. The van der Waals surface area contributed by atoms with Crippen LogP contribution < -0.4 is 4.74 Å². The lowest BCUT2D eigenvalue weighted by molar-refractivity contribution is -0.192. The molecule has 2 aromatic carbocycles. The Kier molecular flexibility index (Phi) is 10.3. The number of pyridine rings is 1. The Labute approximate surface area is 241 Å². The number of aromatic nitrogens is 2. The maximum absolute atomic E-state index is 11.7. The van der Waals surface area contributed by atoms with Crippen LogP contribution in [0.25, 0.3) is 33.4 Å². The summed E-state index contributed by atoms with van der Waals surface area (Å²) in [6, 6.07) is 16.0. The molecule has 2 heterocycles. The van der Waals surface area contributed by atoms with Gasteiger partial charge in [-0.2, -0.15) is 13.2 Å². The van der Waals surface area contributed by atoms with Gasteiger partial charge < -0.3 is 19.9 Å². The molecular formula is C31H34F3N3O5. The lowest BCUT2D eigenvalue weighted by atomic mass is 9.92. The topological polar surface area (TPSA) is 116 Å². The molecule has 0 spiro atoms. The predicted octanol–water partition coefficient (Wildman–Crippen LogP) is 7.20. The van der Waals surface area contributed by atoms with E-state index < -0.39 is 18.1 Å². The SMILES string of the molecule is CCN(CC)Cc1ccc(OC)c(-c2cc3c(-c4ccc(C(=O)O)c(C(C)C)c4)ccnc3[nH]2)c1.O=C(O)C(F)(F)F. The number of alkyl halides is 3. The Hall–Kier alpha value is -4.38. The number of halogens is 3. The molecule has 2 aromatic heterocycles. The number of carboxylic acid groups (broad SMARTS) is 2. The average Bonchev–Trinajstić information content (AvgIpc) is 3.39. The zero-order valence-corrected chi connectivity index (χ0v) is 24.0. The van der Waals surface area contributed by atoms with Gasteiger partial charge in [-0.25, -0.2) is 14.6 Å². The summed E-state index contributed by atoms with van der Waals surface area (Å²) in [6.07, 6.45) is -3.30. The molecule has 0 aliphatic carbocycles. The predicted molar refractivity (Wildman–Crippen MR) is 155 cm³/mol. The molecule has 224 valence electrons. The van der Waals surface area contributed by atoms with E-state index in [0.717, 1.165) is 64.4 Å². The van der Waals surface area contributed by atoms with Crippen LogP contribution >= 0.6 is 0 Å². The molecule has 0 unspecified atom stereocenters. The third-order valence-electron chi connectivity index (χ3n) is 6.84. The summed E-state index contributed by atoms with van der Waals surface area (Å²) in [5, 5.41) is 17.7. The maximum Gasteiger partial charge on any atom is 0.490 e. The van der Waals surface area contributed by atoms with Crippen molar-refractivity contribution in [3.05, 3.63) is 71.4 Å². The lowest BCUT2D eigenvalue weighted by Crippen LogP contribution is -2.22. The zero-order valence-electron chi connectivity index (χ0n) is 24.0. The summed E-state index contributed by atoms with van der Waals surface area (Å²) < 4.78 is 37.4. The smallest absolute Gasteiger partial charge is 0.490 e. The van der Waals surface area contributed by atoms with E-state index in [2.05, 4.69) is 46.9 Å². The Morgan fingerprint density at radius 2 is 1.67 bits per heavy atom. The lowest BCUT2D eigenvalue weighted by Gasteiger charge is -2.19. The minimum absolute atomic E-state index is 0.0953. The van der Waals surface area contributed by atoms with Gasteiger partial charge >= 0.3 is 18.1 Å². The summed E-state index contributed by atoms with van der Waals surface area (Å²) >= 11 is 0. The molecule has 0 fully saturated rings. The molecule has 4 aromatic rings. The van der Waals surface area contributed by atoms with Crippen LogP contribution in [0.2, 0.25) is 0 Å². The highest BCUT2D eigenvalue weighted by Gasteiger charge is 2.38. The first-order valence-corrected chi connectivity index (χ1v) is 13.4. The number of aromatic carboxylic acids is 1. The number of benzene rings is 2. The van der Waals surface area contributed by atoms with Gasteiger partial charge in [0.1, 0.15) is 11.4 Å². The first-order chi connectivity index (χ1) is 19.8. The number of rotatable bonds is 9. The van der Waals surface area contributed by atoms with Crippen molar-refractivity contribution in [1.82, 2.24) is 14.9 Å². The van der Waals surface area contributed by atoms with Gasteiger partial charge in [-0.1, -0.05) is 45.9 Å². The van der Waals surface area contributed by atoms with Crippen molar-refractivity contribution in [3.63, 3.8) is 0 Å². The summed E-state index contributed by atoms with van der Waals surface area (Å²) in [5.74, 6) is -2.76. The van der Waals surface area contributed by atoms with Crippen LogP contribution in [-0.4, -0.2) is 63.4 Å². The van der Waals surface area contributed by atoms with E-state index in [1.165, 1.54) is 5.56 Å². The fourth-order valence-corrected chi connectivity index (χ4v) is 4.60. The molecule has 0 amide bonds. The van der Waals surface area contributed by atoms with Crippen molar-refractivity contribution >= 4 is 23.0 Å². The standard InChI is InChI=1S/C29H33N3O3.C2HF3O2/c1-6-32(7-2)17-19-8-11-27(35-5)25(14-19)26-16-24-21(12-13-30-28(24)31-26)20-9-10-22(29(33)34)23(15-20)18(3)4;3-2(4,5)1(6)7/h8-16,18H,6-7,17H2,1-5H3,(H,30,31)(H,33,34);(H,6,7). The van der Waals surface area contributed by atoms with Gasteiger partial charge in [-0.3, -0.25) is 4.90 Å². The molecule has 0 saturated carbocycles. The van der Waals surface area contributed by atoms with E-state index in [9.17, 15) is 23.1 Å². The molecule has 3 N–H and O–H groups in total. The fraction of sp³-hybridized carbons (Fsp3) is 0.323. The molecule has 0 saturated heterocycles. The Morgan fingerprint density at radius 3 is 2.21 bits per heavy atom. The van der Waals surface area contributed by atoms with Gasteiger partial charge in [0.25, 0.3) is 0 Å². The summed E-state index contributed by atoms with van der Waals surface area (Å²) in [6.45, 7) is 11.2. The maximum atomic E-state index is 11.7. The molecule has 11 heteroatoms. The van der Waals surface area contributed by atoms with Gasteiger partial charge in [0.05, 0.1) is 18.4 Å². The number of methoxy groups -OCH3 is 1. The van der Waals surface area contributed by atoms with E-state index in [-0.39, 0.29) is 5.92 Å². The summed E-state index contributed by atoms with van der Waals surface area (Å²) in [7, 11) is 1.69. The van der Waals surface area contributed by atoms with Crippen molar-refractivity contribution in [2.75, 3.05) is 20.2 Å². The second-order valence-electron chi connectivity index (χ2n) is 9.86. The van der Waals surface area contributed by atoms with Crippen LogP contribution in [-0.2, 0) is 11.3 Å². The number of hydrogen-bond donors (Lipinski definition) is 3. The van der Waals surface area contributed by atoms with Crippen molar-refractivity contribution in [1.29, 1.82) is 0 Å². The van der Waals surface area contributed by atoms with Crippen LogP contribution in [0.1, 0.15) is 55.1 Å². The van der Waals surface area contributed by atoms with Crippen molar-refractivity contribution in [3.8, 4) is 28.1 Å². The number of carbonyl (C=O) groups is 2. The highest BCUT2D eigenvalue weighted by atomic mass is 19.4. The minimum atomic E-state index is -5.08. The summed E-state index contributed by atoms with van der Waals surface area (Å²) in [4.78, 5) is 31.0. The molecule has 0 aliphatic rings. The number of H-pyrrole nitrogens is 1.